The summed E-state index contributed by atoms with van der Waals surface area (Å²) in [6, 6.07) is 5.62. The van der Waals surface area contributed by atoms with Crippen LogP contribution in [-0.4, -0.2) is 68.1 Å². The van der Waals surface area contributed by atoms with Crippen LogP contribution in [0.4, 0.5) is 0 Å². The average molecular weight is 386 g/mol. The van der Waals surface area contributed by atoms with Crippen LogP contribution in [0, 0.1) is 5.92 Å². The van der Waals surface area contributed by atoms with Gasteiger partial charge in [-0.1, -0.05) is 0 Å². The van der Waals surface area contributed by atoms with Gasteiger partial charge in [-0.05, 0) is 25.0 Å². The van der Waals surface area contributed by atoms with Gasteiger partial charge < -0.3 is 23.7 Å². The van der Waals surface area contributed by atoms with Crippen LogP contribution in [0.2, 0.25) is 0 Å². The third-order valence-corrected chi connectivity index (χ3v) is 5.72. The monoisotopic (exact) mass is 386 g/mol. The van der Waals surface area contributed by atoms with E-state index in [0.717, 1.165) is 35.1 Å². The maximum absolute atomic E-state index is 12.8. The highest BCUT2D eigenvalue weighted by atomic mass is 16.5. The predicted octanol–water partition coefficient (Wildman–Crippen LogP) is 2.08. The first-order valence-corrected chi connectivity index (χ1v) is 9.84. The Balaban J connectivity index is 1.33. The molecule has 1 aromatic heterocycles. The van der Waals surface area contributed by atoms with E-state index in [1.807, 2.05) is 28.0 Å². The third kappa shape index (κ3) is 3.85. The summed E-state index contributed by atoms with van der Waals surface area (Å²) in [5.74, 6) is 1.04. The van der Waals surface area contributed by atoms with Crippen LogP contribution in [0.25, 0.3) is 11.0 Å². The summed E-state index contributed by atoms with van der Waals surface area (Å²) in [6.07, 6.45) is 3.41. The summed E-state index contributed by atoms with van der Waals surface area (Å²) < 4.78 is 16.1. The molecule has 1 aromatic carbocycles. The van der Waals surface area contributed by atoms with Gasteiger partial charge in [-0.2, -0.15) is 0 Å². The van der Waals surface area contributed by atoms with Gasteiger partial charge >= 0.3 is 0 Å². The molecule has 2 saturated heterocycles. The number of carbonyl (C=O) groups excluding carboxylic acids is 2. The van der Waals surface area contributed by atoms with Crippen LogP contribution in [0.5, 0.6) is 5.75 Å². The lowest BCUT2D eigenvalue weighted by atomic mass is 9.94. The highest BCUT2D eigenvalue weighted by Crippen LogP contribution is 2.27. The predicted molar refractivity (Wildman–Crippen MR) is 103 cm³/mol. The lowest BCUT2D eigenvalue weighted by Gasteiger charge is -2.35. The molecule has 7 nitrogen and oxygen atoms in total. The Hall–Kier alpha value is -2.54. The van der Waals surface area contributed by atoms with E-state index in [4.69, 9.17) is 13.9 Å². The first kappa shape index (κ1) is 18.8. The SMILES string of the molecule is COc1ccc2c(CC(=O)N3CCC(C(=O)N4CCOCC4)CC3)coc2c1. The number of nitrogens with zero attached hydrogens (tertiary/aromatic N) is 2. The number of ether oxygens (including phenoxy) is 2. The number of piperidine rings is 1. The van der Waals surface area contributed by atoms with Gasteiger partial charge in [-0.25, -0.2) is 0 Å². The zero-order chi connectivity index (χ0) is 19.5. The molecule has 0 radical (unpaired) electrons. The number of hydrogen-bond acceptors (Lipinski definition) is 5. The maximum Gasteiger partial charge on any atom is 0.227 e. The van der Waals surface area contributed by atoms with E-state index in [2.05, 4.69) is 0 Å². The number of methoxy groups -OCH3 is 1. The Kier molecular flexibility index (Phi) is 5.52. The molecule has 2 amide bonds. The molecule has 7 heteroatoms. The maximum atomic E-state index is 12.8. The zero-order valence-corrected chi connectivity index (χ0v) is 16.2. The number of furan rings is 1. The fourth-order valence-corrected chi connectivity index (χ4v) is 4.02. The van der Waals surface area contributed by atoms with Gasteiger partial charge in [0.15, 0.2) is 0 Å². The number of benzene rings is 1. The molecule has 0 bridgehead atoms. The van der Waals surface area contributed by atoms with Crippen LogP contribution in [0.1, 0.15) is 18.4 Å². The summed E-state index contributed by atoms with van der Waals surface area (Å²) >= 11 is 0. The molecule has 0 atom stereocenters. The third-order valence-electron chi connectivity index (χ3n) is 5.72. The van der Waals surface area contributed by atoms with E-state index in [1.165, 1.54) is 0 Å². The van der Waals surface area contributed by atoms with E-state index in [-0.39, 0.29) is 17.7 Å². The molecule has 2 aromatic rings. The Morgan fingerprint density at radius 2 is 1.86 bits per heavy atom. The first-order chi connectivity index (χ1) is 13.7. The number of fused-ring (bicyclic) bond motifs is 1. The minimum atomic E-state index is 0.0179. The van der Waals surface area contributed by atoms with Crippen LogP contribution in [0.15, 0.2) is 28.9 Å². The summed E-state index contributed by atoms with van der Waals surface area (Å²) in [6.45, 7) is 3.85. The van der Waals surface area contributed by atoms with Gasteiger partial charge in [-0.15, -0.1) is 0 Å². The molecule has 0 saturated carbocycles. The fourth-order valence-electron chi connectivity index (χ4n) is 4.02. The summed E-state index contributed by atoms with van der Waals surface area (Å²) in [5.41, 5.74) is 1.60. The van der Waals surface area contributed by atoms with E-state index in [9.17, 15) is 9.59 Å². The first-order valence-electron chi connectivity index (χ1n) is 9.84. The Morgan fingerprint density at radius 1 is 1.11 bits per heavy atom. The number of amides is 2. The summed E-state index contributed by atoms with van der Waals surface area (Å²) in [4.78, 5) is 29.2. The number of likely N-dealkylation sites (tertiary alicyclic amines) is 1. The highest BCUT2D eigenvalue weighted by molar-refractivity contribution is 5.88. The second-order valence-electron chi connectivity index (χ2n) is 7.39. The largest absolute Gasteiger partial charge is 0.497 e. The van der Waals surface area contributed by atoms with Gasteiger partial charge in [0.25, 0.3) is 0 Å². The smallest absolute Gasteiger partial charge is 0.227 e. The average Bonchev–Trinajstić information content (AvgIpc) is 3.15. The molecule has 2 aliphatic heterocycles. The van der Waals surface area contributed by atoms with Crippen molar-refractivity contribution < 1.29 is 23.5 Å². The highest BCUT2D eigenvalue weighted by Gasteiger charge is 2.31. The Morgan fingerprint density at radius 3 is 2.57 bits per heavy atom. The lowest BCUT2D eigenvalue weighted by Crippen LogP contribution is -2.47. The quantitative estimate of drug-likeness (QED) is 0.805. The van der Waals surface area contributed by atoms with Gasteiger partial charge in [0.2, 0.25) is 11.8 Å². The van der Waals surface area contributed by atoms with Gasteiger partial charge in [0, 0.05) is 49.1 Å². The number of rotatable bonds is 4. The van der Waals surface area contributed by atoms with E-state index in [0.29, 0.717) is 45.8 Å². The molecular formula is C21H26N2O5. The van der Waals surface area contributed by atoms with Crippen molar-refractivity contribution in [2.75, 3.05) is 46.5 Å². The molecule has 0 spiro atoms. The zero-order valence-electron chi connectivity index (χ0n) is 16.2. The number of morpholine rings is 1. The van der Waals surface area contributed by atoms with Crippen molar-refractivity contribution in [3.8, 4) is 5.75 Å². The molecule has 3 heterocycles. The normalized spacial score (nSPS) is 18.5. The molecule has 0 N–H and O–H groups in total. The fraction of sp³-hybridized carbons (Fsp3) is 0.524. The molecule has 0 aliphatic carbocycles. The minimum absolute atomic E-state index is 0.0179. The Bertz CT molecular complexity index is 848. The topological polar surface area (TPSA) is 72.2 Å². The second kappa shape index (κ2) is 8.22. The minimum Gasteiger partial charge on any atom is -0.497 e. The van der Waals surface area contributed by atoms with Crippen molar-refractivity contribution in [3.05, 3.63) is 30.0 Å². The lowest BCUT2D eigenvalue weighted by molar-refractivity contribution is -0.143. The van der Waals surface area contributed by atoms with Gasteiger partial charge in [0.05, 0.1) is 33.0 Å². The van der Waals surface area contributed by atoms with Crippen LogP contribution in [0.3, 0.4) is 0 Å². The van der Waals surface area contributed by atoms with Gasteiger partial charge in [0.1, 0.15) is 11.3 Å². The van der Waals surface area contributed by atoms with E-state index < -0.39 is 0 Å². The van der Waals surface area contributed by atoms with Crippen LogP contribution >= 0.6 is 0 Å². The molecule has 28 heavy (non-hydrogen) atoms. The molecule has 2 fully saturated rings. The summed E-state index contributed by atoms with van der Waals surface area (Å²) in [5, 5.41) is 0.937. The molecule has 0 unspecified atom stereocenters. The van der Waals surface area contributed by atoms with Crippen molar-refractivity contribution in [2.24, 2.45) is 5.92 Å². The summed E-state index contributed by atoms with van der Waals surface area (Å²) in [7, 11) is 1.61. The van der Waals surface area contributed by atoms with Crippen molar-refractivity contribution >= 4 is 22.8 Å². The number of hydrogen-bond donors (Lipinski definition) is 0. The van der Waals surface area contributed by atoms with Crippen LogP contribution in [-0.2, 0) is 20.7 Å². The number of carbonyl (C=O) groups is 2. The van der Waals surface area contributed by atoms with Crippen molar-refractivity contribution in [1.82, 2.24) is 9.80 Å². The van der Waals surface area contributed by atoms with Crippen molar-refractivity contribution in [3.63, 3.8) is 0 Å². The Labute approximate surface area is 164 Å². The standard InChI is InChI=1S/C21H26N2O5/c1-26-17-2-3-18-16(14-28-19(18)13-17)12-20(24)22-6-4-15(5-7-22)21(25)23-8-10-27-11-9-23/h2-3,13-15H,4-12H2,1H3. The van der Waals surface area contributed by atoms with Gasteiger partial charge in [-0.3, -0.25) is 9.59 Å². The molecule has 2 aliphatic rings. The second-order valence-corrected chi connectivity index (χ2v) is 7.39. The van der Waals surface area contributed by atoms with E-state index in [1.54, 1.807) is 13.4 Å². The van der Waals surface area contributed by atoms with Crippen LogP contribution < -0.4 is 4.74 Å². The molecule has 4 rings (SSSR count). The van der Waals surface area contributed by atoms with Crippen molar-refractivity contribution in [1.29, 1.82) is 0 Å². The molecular weight excluding hydrogens is 360 g/mol. The van der Waals surface area contributed by atoms with E-state index >= 15 is 0 Å². The molecule has 150 valence electrons. The van der Waals surface area contributed by atoms with Crippen molar-refractivity contribution in [2.45, 2.75) is 19.3 Å².